The summed E-state index contributed by atoms with van der Waals surface area (Å²) in [6, 6.07) is 17.6. The third-order valence-corrected chi connectivity index (χ3v) is 4.11. The molecule has 0 radical (unpaired) electrons. The third-order valence-electron chi connectivity index (χ3n) is 4.11. The van der Waals surface area contributed by atoms with E-state index in [0.717, 1.165) is 12.0 Å². The van der Waals surface area contributed by atoms with E-state index < -0.39 is 6.10 Å². The van der Waals surface area contributed by atoms with Crippen LogP contribution in [0.2, 0.25) is 0 Å². The number of nitrogens with one attached hydrogen (secondary N) is 1. The molecule has 120 valence electrons. The molecule has 1 saturated carbocycles. The fourth-order valence-electron chi connectivity index (χ4n) is 2.70. The zero-order valence-electron chi connectivity index (χ0n) is 13.1. The second-order valence-electron chi connectivity index (χ2n) is 5.93. The van der Waals surface area contributed by atoms with Crippen LogP contribution in [0, 0.1) is 0 Å². The molecule has 0 heterocycles. The first-order valence-corrected chi connectivity index (χ1v) is 7.89. The van der Waals surface area contributed by atoms with Gasteiger partial charge in [-0.05, 0) is 36.6 Å². The minimum atomic E-state index is -0.569. The highest BCUT2D eigenvalue weighted by Crippen LogP contribution is 2.40. The average Bonchev–Trinajstić information content (AvgIpc) is 3.35. The molecule has 0 aliphatic heterocycles. The summed E-state index contributed by atoms with van der Waals surface area (Å²) in [4.78, 5) is 12.2. The number of ether oxygens (including phenoxy) is 1. The van der Waals surface area contributed by atoms with Crippen molar-refractivity contribution in [3.63, 3.8) is 0 Å². The number of hydrogen-bond donors (Lipinski definition) is 2. The number of carbonyl (C=O) groups is 1. The predicted molar refractivity (Wildman–Crippen MR) is 88.2 cm³/mol. The molecule has 0 bridgehead atoms. The van der Waals surface area contributed by atoms with Crippen LogP contribution in [0.1, 0.15) is 30.4 Å². The van der Waals surface area contributed by atoms with Crippen LogP contribution >= 0.6 is 0 Å². The predicted octanol–water partition coefficient (Wildman–Crippen LogP) is 2.62. The Morgan fingerprint density at radius 2 is 2.04 bits per heavy atom. The summed E-state index contributed by atoms with van der Waals surface area (Å²) in [5.41, 5.74) is 2.03. The smallest absolute Gasteiger partial charge is 0.261 e. The van der Waals surface area contributed by atoms with Gasteiger partial charge < -0.3 is 15.2 Å². The fraction of sp³-hybridized carbons (Fsp3) is 0.316. The van der Waals surface area contributed by atoms with Crippen molar-refractivity contribution in [1.82, 2.24) is 5.32 Å². The van der Waals surface area contributed by atoms with Gasteiger partial charge in [-0.3, -0.25) is 4.79 Å². The molecule has 0 aromatic heterocycles. The van der Waals surface area contributed by atoms with E-state index >= 15 is 0 Å². The van der Waals surface area contributed by atoms with Crippen molar-refractivity contribution >= 4 is 5.91 Å². The van der Waals surface area contributed by atoms with Crippen molar-refractivity contribution in [3.05, 3.63) is 65.7 Å². The van der Waals surface area contributed by atoms with Crippen LogP contribution in [0.15, 0.2) is 54.6 Å². The lowest BCUT2D eigenvalue weighted by Gasteiger charge is -2.15. The lowest BCUT2D eigenvalue weighted by atomic mass is 10.1. The molecule has 23 heavy (non-hydrogen) atoms. The van der Waals surface area contributed by atoms with E-state index in [1.54, 1.807) is 25.1 Å². The number of aliphatic hydroxyl groups excluding tert-OH is 1. The van der Waals surface area contributed by atoms with E-state index in [-0.39, 0.29) is 18.6 Å². The molecule has 3 atom stereocenters. The van der Waals surface area contributed by atoms with E-state index in [2.05, 4.69) is 17.4 Å². The lowest BCUT2D eigenvalue weighted by molar-refractivity contribution is -0.127. The number of carbonyl (C=O) groups excluding carboxylic acids is 1. The first-order valence-electron chi connectivity index (χ1n) is 7.89. The summed E-state index contributed by atoms with van der Waals surface area (Å²) in [5, 5.41) is 12.2. The van der Waals surface area contributed by atoms with E-state index in [1.807, 2.05) is 24.3 Å². The van der Waals surface area contributed by atoms with Crippen molar-refractivity contribution in [3.8, 4) is 5.75 Å². The van der Waals surface area contributed by atoms with Crippen molar-refractivity contribution in [2.75, 3.05) is 0 Å². The lowest BCUT2D eigenvalue weighted by Crippen LogP contribution is -2.38. The molecule has 3 rings (SSSR count). The molecular weight excluding hydrogens is 290 g/mol. The molecule has 1 amide bonds. The normalized spacial score (nSPS) is 20.6. The van der Waals surface area contributed by atoms with Crippen LogP contribution in [0.5, 0.6) is 5.75 Å². The summed E-state index contributed by atoms with van der Waals surface area (Å²) in [6.45, 7) is 1.69. The number of amides is 1. The topological polar surface area (TPSA) is 58.6 Å². The van der Waals surface area contributed by atoms with E-state index in [4.69, 9.17) is 9.84 Å². The summed E-state index contributed by atoms with van der Waals surface area (Å²) < 4.78 is 5.67. The van der Waals surface area contributed by atoms with Crippen LogP contribution in [0.3, 0.4) is 0 Å². The van der Waals surface area contributed by atoms with Crippen LogP contribution in [0.25, 0.3) is 0 Å². The van der Waals surface area contributed by atoms with Crippen LogP contribution in [-0.4, -0.2) is 23.2 Å². The standard InChI is InChI=1S/C19H21NO3/c1-13(23-16-9-5-6-14(10-16)12-21)19(22)20-18-11-17(18)15-7-3-2-4-8-15/h2-10,13,17-18,21H,11-12H2,1H3,(H,20,22). The molecule has 2 aromatic rings. The van der Waals surface area contributed by atoms with Gasteiger partial charge in [0.2, 0.25) is 0 Å². The highest BCUT2D eigenvalue weighted by atomic mass is 16.5. The van der Waals surface area contributed by atoms with E-state index in [1.165, 1.54) is 5.56 Å². The molecule has 2 N–H and O–H groups in total. The Labute approximate surface area is 136 Å². The highest BCUT2D eigenvalue weighted by Gasteiger charge is 2.40. The molecule has 2 aromatic carbocycles. The number of aliphatic hydroxyl groups is 1. The number of rotatable bonds is 6. The second kappa shape index (κ2) is 6.84. The monoisotopic (exact) mass is 311 g/mol. The molecule has 4 heteroatoms. The summed E-state index contributed by atoms with van der Waals surface area (Å²) in [7, 11) is 0. The van der Waals surface area contributed by atoms with Gasteiger partial charge in [-0.2, -0.15) is 0 Å². The first kappa shape index (κ1) is 15.6. The van der Waals surface area contributed by atoms with Gasteiger partial charge in [0.1, 0.15) is 5.75 Å². The maximum Gasteiger partial charge on any atom is 0.261 e. The van der Waals surface area contributed by atoms with E-state index in [9.17, 15) is 4.79 Å². The number of benzene rings is 2. The van der Waals surface area contributed by atoms with Gasteiger partial charge in [0.05, 0.1) is 6.61 Å². The molecule has 0 spiro atoms. The average molecular weight is 311 g/mol. The third kappa shape index (κ3) is 3.90. The van der Waals surface area contributed by atoms with Crippen LogP contribution < -0.4 is 10.1 Å². The highest BCUT2D eigenvalue weighted by molar-refractivity contribution is 5.81. The first-order chi connectivity index (χ1) is 11.2. The Kier molecular flexibility index (Phi) is 4.63. The molecule has 0 saturated heterocycles. The molecule has 1 fully saturated rings. The van der Waals surface area contributed by atoms with Crippen molar-refractivity contribution < 1.29 is 14.6 Å². The SMILES string of the molecule is CC(Oc1cccc(CO)c1)C(=O)NC1CC1c1ccccc1. The Morgan fingerprint density at radius 1 is 1.26 bits per heavy atom. The Bertz CT molecular complexity index is 671. The van der Waals surface area contributed by atoms with Crippen molar-refractivity contribution in [2.24, 2.45) is 0 Å². The van der Waals surface area contributed by atoms with Gasteiger partial charge in [0.25, 0.3) is 5.91 Å². The van der Waals surface area contributed by atoms with Crippen molar-refractivity contribution in [2.45, 2.75) is 38.0 Å². The van der Waals surface area contributed by atoms with Crippen LogP contribution in [0.4, 0.5) is 0 Å². The zero-order valence-corrected chi connectivity index (χ0v) is 13.1. The van der Waals surface area contributed by atoms with Crippen molar-refractivity contribution in [1.29, 1.82) is 0 Å². The summed E-state index contributed by atoms with van der Waals surface area (Å²) >= 11 is 0. The molecule has 4 nitrogen and oxygen atoms in total. The van der Waals surface area contributed by atoms with Crippen LogP contribution in [-0.2, 0) is 11.4 Å². The molecular formula is C19H21NO3. The minimum absolute atomic E-state index is 0.0430. The van der Waals surface area contributed by atoms with E-state index in [0.29, 0.717) is 11.7 Å². The Balaban J connectivity index is 1.52. The largest absolute Gasteiger partial charge is 0.481 e. The van der Waals surface area contributed by atoms with Gasteiger partial charge in [0.15, 0.2) is 6.10 Å². The maximum atomic E-state index is 12.2. The van der Waals surface area contributed by atoms with Gasteiger partial charge in [0, 0.05) is 12.0 Å². The summed E-state index contributed by atoms with van der Waals surface area (Å²) in [5.74, 6) is 0.891. The second-order valence-corrected chi connectivity index (χ2v) is 5.93. The Hall–Kier alpha value is -2.33. The molecule has 1 aliphatic carbocycles. The maximum absolute atomic E-state index is 12.2. The fourth-order valence-corrected chi connectivity index (χ4v) is 2.70. The van der Waals surface area contributed by atoms with Gasteiger partial charge in [-0.1, -0.05) is 42.5 Å². The Morgan fingerprint density at radius 3 is 2.78 bits per heavy atom. The van der Waals surface area contributed by atoms with Gasteiger partial charge in [-0.25, -0.2) is 0 Å². The minimum Gasteiger partial charge on any atom is -0.481 e. The number of hydrogen-bond acceptors (Lipinski definition) is 3. The zero-order chi connectivity index (χ0) is 16.2. The van der Waals surface area contributed by atoms with Gasteiger partial charge >= 0.3 is 0 Å². The van der Waals surface area contributed by atoms with Gasteiger partial charge in [-0.15, -0.1) is 0 Å². The summed E-state index contributed by atoms with van der Waals surface area (Å²) in [6.07, 6.45) is 0.406. The molecule has 1 aliphatic rings. The quantitative estimate of drug-likeness (QED) is 0.862. The molecule has 3 unspecified atom stereocenters.